The van der Waals surface area contributed by atoms with Crippen LogP contribution in [0.5, 0.6) is 0 Å². The van der Waals surface area contributed by atoms with E-state index in [1.165, 1.54) is 6.92 Å². The lowest BCUT2D eigenvalue weighted by Gasteiger charge is -2.12. The maximum Gasteiger partial charge on any atom is 0.389 e. The van der Waals surface area contributed by atoms with Crippen LogP contribution in [-0.2, 0) is 9.53 Å². The fourth-order valence-corrected chi connectivity index (χ4v) is 1.60. The lowest BCUT2D eigenvalue weighted by molar-refractivity contribution is -0.159. The fourth-order valence-electron chi connectivity index (χ4n) is 0.658. The summed E-state index contributed by atoms with van der Waals surface area (Å²) < 4.78 is 29.8. The largest absolute Gasteiger partial charge is 0.461 e. The Hall–Kier alpha value is -0.320. The van der Waals surface area contributed by atoms with E-state index in [1.54, 1.807) is 0 Å². The van der Waals surface area contributed by atoms with E-state index in [2.05, 4.69) is 4.74 Å². The van der Waals surface area contributed by atoms with Crippen LogP contribution in [0, 0.1) is 0 Å². The van der Waals surface area contributed by atoms with Crippen molar-refractivity contribution in [3.63, 3.8) is 0 Å². The van der Waals surface area contributed by atoms with Gasteiger partial charge in [-0.25, -0.2) is 4.79 Å². The maximum absolute atomic E-state index is 12.8. The van der Waals surface area contributed by atoms with Crippen LogP contribution in [0.15, 0.2) is 0 Å². The van der Waals surface area contributed by atoms with Crippen molar-refractivity contribution in [1.29, 1.82) is 0 Å². The van der Waals surface area contributed by atoms with Crippen LogP contribution >= 0.6 is 11.8 Å². The molecule has 0 aromatic carbocycles. The number of rotatable bonds is 4. The number of hydrogen-bond donors (Lipinski definition) is 0. The van der Waals surface area contributed by atoms with Gasteiger partial charge >= 0.3 is 11.2 Å². The average Bonchev–Trinajstić information content (AvgIpc) is 2.71. The molecule has 1 rings (SSSR count). The second-order valence-corrected chi connectivity index (χ2v) is 3.97. The molecule has 0 unspecified atom stereocenters. The summed E-state index contributed by atoms with van der Waals surface area (Å²) in [5, 5.41) is -3.40. The Bertz CT molecular complexity index is 180. The molecule has 0 amide bonds. The predicted molar refractivity (Wildman–Crippen MR) is 42.2 cm³/mol. The molecular formula is C7H10F2O2S. The first-order chi connectivity index (χ1) is 5.56. The lowest BCUT2D eigenvalue weighted by atomic mass is 10.7. The van der Waals surface area contributed by atoms with E-state index in [9.17, 15) is 13.6 Å². The molecule has 1 aliphatic carbocycles. The number of hydrogen-bond acceptors (Lipinski definition) is 3. The Morgan fingerprint density at radius 1 is 1.67 bits per heavy atom. The second-order valence-electron chi connectivity index (χ2n) is 2.55. The molecular weight excluding hydrogens is 186 g/mol. The Kier molecular flexibility index (Phi) is 2.93. The molecule has 1 aliphatic rings. The number of alkyl halides is 2. The van der Waals surface area contributed by atoms with Crippen molar-refractivity contribution in [1.82, 2.24) is 0 Å². The van der Waals surface area contributed by atoms with Gasteiger partial charge in [0.25, 0.3) is 0 Å². The fraction of sp³-hybridized carbons (Fsp3) is 0.857. The summed E-state index contributed by atoms with van der Waals surface area (Å²) in [4.78, 5) is 10.6. The Morgan fingerprint density at radius 2 is 2.25 bits per heavy atom. The molecule has 2 nitrogen and oxygen atoms in total. The van der Waals surface area contributed by atoms with Crippen molar-refractivity contribution in [2.24, 2.45) is 0 Å². The number of ether oxygens (including phenoxy) is 1. The second kappa shape index (κ2) is 3.60. The van der Waals surface area contributed by atoms with Crippen molar-refractivity contribution in [2.45, 2.75) is 30.3 Å². The molecule has 0 N–H and O–H groups in total. The van der Waals surface area contributed by atoms with Crippen molar-refractivity contribution in [2.75, 3.05) is 6.61 Å². The summed E-state index contributed by atoms with van der Waals surface area (Å²) in [6, 6.07) is 0. The van der Waals surface area contributed by atoms with Crippen LogP contribution < -0.4 is 0 Å². The zero-order valence-corrected chi connectivity index (χ0v) is 7.50. The highest BCUT2D eigenvalue weighted by Gasteiger charge is 2.46. The quantitative estimate of drug-likeness (QED) is 0.643. The molecule has 0 heterocycles. The molecule has 70 valence electrons. The van der Waals surface area contributed by atoms with E-state index in [0.717, 1.165) is 12.8 Å². The summed E-state index contributed by atoms with van der Waals surface area (Å²) in [5.41, 5.74) is 0. The lowest BCUT2D eigenvalue weighted by Crippen LogP contribution is -2.27. The standard InChI is InChI=1S/C7H10F2O2S/c1-2-11-6(10)7(8,9)12-5-3-4-5/h5H,2-4H2,1H3. The minimum Gasteiger partial charge on any atom is -0.461 e. The SMILES string of the molecule is CCOC(=O)C(F)(F)SC1CC1. The summed E-state index contributed by atoms with van der Waals surface area (Å²) in [6.45, 7) is 1.51. The molecule has 5 heteroatoms. The monoisotopic (exact) mass is 196 g/mol. The number of halogens is 2. The normalized spacial score (nSPS) is 17.6. The van der Waals surface area contributed by atoms with E-state index in [1.807, 2.05) is 0 Å². The maximum atomic E-state index is 12.8. The van der Waals surface area contributed by atoms with E-state index in [0.29, 0.717) is 11.8 Å². The van der Waals surface area contributed by atoms with Crippen molar-refractivity contribution in [3.05, 3.63) is 0 Å². The van der Waals surface area contributed by atoms with Gasteiger partial charge in [0.2, 0.25) is 0 Å². The molecule has 0 spiro atoms. The van der Waals surface area contributed by atoms with Gasteiger partial charge in [0.05, 0.1) is 6.61 Å². The third-order valence-electron chi connectivity index (χ3n) is 1.35. The highest BCUT2D eigenvalue weighted by molar-refractivity contribution is 8.01. The van der Waals surface area contributed by atoms with Crippen molar-refractivity contribution < 1.29 is 18.3 Å². The molecule has 0 atom stereocenters. The minimum atomic E-state index is -3.35. The predicted octanol–water partition coefficient (Wildman–Crippen LogP) is 2.04. The number of carbonyl (C=O) groups excluding carboxylic acids is 1. The third-order valence-corrected chi connectivity index (χ3v) is 2.62. The average molecular weight is 196 g/mol. The number of carbonyl (C=O) groups is 1. The number of esters is 1. The van der Waals surface area contributed by atoms with E-state index in [4.69, 9.17) is 0 Å². The zero-order valence-electron chi connectivity index (χ0n) is 6.68. The van der Waals surface area contributed by atoms with E-state index in [-0.39, 0.29) is 11.9 Å². The van der Waals surface area contributed by atoms with Crippen molar-refractivity contribution >= 4 is 17.7 Å². The molecule has 0 aliphatic heterocycles. The smallest absolute Gasteiger partial charge is 0.389 e. The summed E-state index contributed by atoms with van der Waals surface area (Å²) in [7, 11) is 0. The number of thioether (sulfide) groups is 1. The molecule has 0 aromatic rings. The van der Waals surface area contributed by atoms with Crippen LogP contribution in [-0.4, -0.2) is 23.1 Å². The topological polar surface area (TPSA) is 26.3 Å². The molecule has 1 saturated carbocycles. The van der Waals surface area contributed by atoms with Gasteiger partial charge < -0.3 is 4.74 Å². The van der Waals surface area contributed by atoms with Gasteiger partial charge in [-0.15, -0.1) is 0 Å². The van der Waals surface area contributed by atoms with Gasteiger partial charge in [-0.3, -0.25) is 0 Å². The Balaban J connectivity index is 2.38. The van der Waals surface area contributed by atoms with Crippen molar-refractivity contribution in [3.8, 4) is 0 Å². The van der Waals surface area contributed by atoms with Gasteiger partial charge in [0.15, 0.2) is 0 Å². The Morgan fingerprint density at radius 3 is 2.67 bits per heavy atom. The highest BCUT2D eigenvalue weighted by atomic mass is 32.2. The van der Waals surface area contributed by atoms with E-state index >= 15 is 0 Å². The van der Waals surface area contributed by atoms with Crippen LogP contribution in [0.1, 0.15) is 19.8 Å². The first kappa shape index (κ1) is 9.77. The van der Waals surface area contributed by atoms with Gasteiger partial charge in [0.1, 0.15) is 0 Å². The minimum absolute atomic E-state index is 0.000347. The first-order valence-corrected chi connectivity index (χ1v) is 4.67. The highest BCUT2D eigenvalue weighted by Crippen LogP contribution is 2.44. The summed E-state index contributed by atoms with van der Waals surface area (Å²) in [5.74, 6) is -1.41. The van der Waals surface area contributed by atoms with Crippen LogP contribution in [0.2, 0.25) is 0 Å². The Labute approximate surface area is 73.7 Å². The molecule has 1 fully saturated rings. The van der Waals surface area contributed by atoms with Crippen LogP contribution in [0.25, 0.3) is 0 Å². The first-order valence-electron chi connectivity index (χ1n) is 3.79. The van der Waals surface area contributed by atoms with Gasteiger partial charge in [-0.1, -0.05) is 11.8 Å². The molecule has 0 bridgehead atoms. The summed E-state index contributed by atoms with van der Waals surface area (Å²) >= 11 is 0.408. The van der Waals surface area contributed by atoms with Gasteiger partial charge in [0, 0.05) is 5.25 Å². The summed E-state index contributed by atoms with van der Waals surface area (Å²) in [6.07, 6.45) is 1.55. The molecule has 12 heavy (non-hydrogen) atoms. The zero-order chi connectivity index (χ0) is 9.19. The van der Waals surface area contributed by atoms with Crippen LogP contribution in [0.3, 0.4) is 0 Å². The molecule has 0 radical (unpaired) electrons. The van der Waals surface area contributed by atoms with E-state index < -0.39 is 11.2 Å². The molecule has 0 saturated heterocycles. The van der Waals surface area contributed by atoms with Gasteiger partial charge in [-0.05, 0) is 19.8 Å². The van der Waals surface area contributed by atoms with Gasteiger partial charge in [-0.2, -0.15) is 8.78 Å². The molecule has 0 aromatic heterocycles. The van der Waals surface area contributed by atoms with Crippen LogP contribution in [0.4, 0.5) is 8.78 Å². The third kappa shape index (κ3) is 2.62.